The monoisotopic (exact) mass is 540 g/mol. The lowest BCUT2D eigenvalue weighted by Crippen LogP contribution is -2.50. The number of carbonyl (C=O) groups excluding carboxylic acids is 1. The van der Waals surface area contributed by atoms with Crippen LogP contribution in [0.2, 0.25) is 0 Å². The highest BCUT2D eigenvalue weighted by atomic mass is 32.2. The van der Waals surface area contributed by atoms with Gasteiger partial charge in [0, 0.05) is 36.7 Å². The Balaban J connectivity index is 1.71. The van der Waals surface area contributed by atoms with Crippen LogP contribution in [0.1, 0.15) is 55.5 Å². The Bertz CT molecular complexity index is 1310. The average Bonchev–Trinajstić information content (AvgIpc) is 3.35. The quantitative estimate of drug-likeness (QED) is 0.565. The molecule has 38 heavy (non-hydrogen) atoms. The van der Waals surface area contributed by atoms with Crippen LogP contribution in [-0.2, 0) is 10.0 Å². The third kappa shape index (κ3) is 6.05. The van der Waals surface area contributed by atoms with E-state index >= 15 is 0 Å². The molecule has 1 amide bonds. The fraction of sp³-hybridized carbons (Fsp3) is 0.483. The number of sulfonamides is 1. The SMILES string of the molecule is C[C@H]1CN([C@@H](C)CO)S(=O)(=O)c2ccc(C#CC3(O)CCCC3)cc2O[C@@H]1CN(C)C(=O)c1ccccc1. The van der Waals surface area contributed by atoms with Gasteiger partial charge in [0.05, 0.1) is 13.2 Å². The highest BCUT2D eigenvalue weighted by molar-refractivity contribution is 7.89. The molecule has 2 N–H and O–H groups in total. The van der Waals surface area contributed by atoms with Gasteiger partial charge in [-0.25, -0.2) is 8.42 Å². The average molecular weight is 541 g/mol. The molecule has 1 saturated carbocycles. The molecule has 2 aromatic rings. The molecule has 8 nitrogen and oxygen atoms in total. The largest absolute Gasteiger partial charge is 0.487 e. The second-order valence-electron chi connectivity index (χ2n) is 10.4. The van der Waals surface area contributed by atoms with Crippen molar-refractivity contribution >= 4 is 15.9 Å². The van der Waals surface area contributed by atoms with E-state index in [9.17, 15) is 23.4 Å². The topological polar surface area (TPSA) is 107 Å². The van der Waals surface area contributed by atoms with Gasteiger partial charge in [-0.3, -0.25) is 4.79 Å². The Kier molecular flexibility index (Phi) is 8.48. The molecule has 1 heterocycles. The Hall–Kier alpha value is -2.90. The predicted octanol–water partition coefficient (Wildman–Crippen LogP) is 2.88. The number of fused-ring (bicyclic) bond motifs is 1. The second kappa shape index (κ2) is 11.5. The lowest BCUT2D eigenvalue weighted by Gasteiger charge is -2.37. The number of hydrogen-bond donors (Lipinski definition) is 2. The molecule has 0 unspecified atom stereocenters. The van der Waals surface area contributed by atoms with Gasteiger partial charge in [-0.05, 0) is 62.9 Å². The van der Waals surface area contributed by atoms with Crippen LogP contribution in [0, 0.1) is 17.8 Å². The van der Waals surface area contributed by atoms with Crippen molar-refractivity contribution < 1.29 is 28.2 Å². The minimum absolute atomic E-state index is 0.0168. The molecule has 0 saturated heterocycles. The van der Waals surface area contributed by atoms with Gasteiger partial charge in [-0.15, -0.1) is 0 Å². The van der Waals surface area contributed by atoms with Crippen LogP contribution in [0.3, 0.4) is 0 Å². The van der Waals surface area contributed by atoms with Crippen LogP contribution in [0.5, 0.6) is 5.75 Å². The second-order valence-corrected chi connectivity index (χ2v) is 12.3. The molecule has 3 atom stereocenters. The van der Waals surface area contributed by atoms with Gasteiger partial charge >= 0.3 is 0 Å². The summed E-state index contributed by atoms with van der Waals surface area (Å²) in [6, 6.07) is 13.0. The summed E-state index contributed by atoms with van der Waals surface area (Å²) in [5, 5.41) is 20.5. The number of nitrogens with zero attached hydrogens (tertiary/aromatic N) is 2. The fourth-order valence-corrected chi connectivity index (χ4v) is 6.77. The van der Waals surface area contributed by atoms with E-state index in [1.165, 1.54) is 10.4 Å². The third-order valence-electron chi connectivity index (χ3n) is 7.36. The number of amides is 1. The van der Waals surface area contributed by atoms with E-state index in [1.807, 2.05) is 13.0 Å². The molecule has 1 aliphatic heterocycles. The van der Waals surface area contributed by atoms with Gasteiger partial charge in [0.25, 0.3) is 5.91 Å². The summed E-state index contributed by atoms with van der Waals surface area (Å²) in [5.41, 5.74) is 0.0541. The Morgan fingerprint density at radius 2 is 1.89 bits per heavy atom. The lowest BCUT2D eigenvalue weighted by molar-refractivity contribution is 0.0563. The van der Waals surface area contributed by atoms with E-state index in [0.717, 1.165) is 12.8 Å². The van der Waals surface area contributed by atoms with Crippen molar-refractivity contribution in [1.29, 1.82) is 0 Å². The number of aliphatic hydroxyl groups is 2. The fourth-order valence-electron chi connectivity index (χ4n) is 4.95. The maximum Gasteiger partial charge on any atom is 0.253 e. The standard InChI is InChI=1S/C29H36N2O6S/c1-21-18-31(22(2)20-32)38(35,36)27-12-11-23(13-16-29(34)14-7-8-15-29)17-25(27)37-26(21)19-30(3)28(33)24-9-5-4-6-10-24/h4-6,9-12,17,21-22,26,32,34H,7-8,14-15,18-20H2,1-3H3/t21-,22-,26+/m0/s1. The Morgan fingerprint density at radius 1 is 1.21 bits per heavy atom. The minimum atomic E-state index is -3.99. The molecular formula is C29H36N2O6S. The molecule has 2 aromatic carbocycles. The van der Waals surface area contributed by atoms with Gasteiger partial charge in [0.1, 0.15) is 22.4 Å². The molecule has 2 aliphatic rings. The first-order valence-electron chi connectivity index (χ1n) is 13.0. The van der Waals surface area contributed by atoms with Crippen molar-refractivity contribution in [3.63, 3.8) is 0 Å². The molecule has 0 bridgehead atoms. The van der Waals surface area contributed by atoms with Gasteiger partial charge < -0.3 is 19.8 Å². The lowest BCUT2D eigenvalue weighted by atomic mass is 10.0. The summed E-state index contributed by atoms with van der Waals surface area (Å²) < 4.78 is 35.0. The van der Waals surface area contributed by atoms with E-state index in [0.29, 0.717) is 24.0 Å². The summed E-state index contributed by atoms with van der Waals surface area (Å²) >= 11 is 0. The molecule has 0 radical (unpaired) electrons. The number of hydrogen-bond acceptors (Lipinski definition) is 6. The van der Waals surface area contributed by atoms with Crippen molar-refractivity contribution in [2.24, 2.45) is 5.92 Å². The van der Waals surface area contributed by atoms with Gasteiger partial charge in [0.2, 0.25) is 10.0 Å². The van der Waals surface area contributed by atoms with Crippen LogP contribution in [0.4, 0.5) is 0 Å². The molecule has 1 aliphatic carbocycles. The smallest absolute Gasteiger partial charge is 0.253 e. The first-order chi connectivity index (χ1) is 18.0. The maximum atomic E-state index is 13.7. The highest BCUT2D eigenvalue weighted by Gasteiger charge is 2.38. The zero-order chi connectivity index (χ0) is 27.5. The summed E-state index contributed by atoms with van der Waals surface area (Å²) in [4.78, 5) is 14.6. The van der Waals surface area contributed by atoms with Crippen molar-refractivity contribution in [3.8, 4) is 17.6 Å². The maximum absolute atomic E-state index is 13.7. The van der Waals surface area contributed by atoms with Gasteiger partial charge in [-0.1, -0.05) is 37.0 Å². The van der Waals surface area contributed by atoms with E-state index in [2.05, 4.69) is 11.8 Å². The molecule has 0 spiro atoms. The van der Waals surface area contributed by atoms with Gasteiger partial charge in [0.15, 0.2) is 0 Å². The van der Waals surface area contributed by atoms with Crippen LogP contribution in [0.25, 0.3) is 0 Å². The Morgan fingerprint density at radius 3 is 2.55 bits per heavy atom. The van der Waals surface area contributed by atoms with Crippen LogP contribution in [-0.4, -0.2) is 78.2 Å². The summed E-state index contributed by atoms with van der Waals surface area (Å²) in [5.74, 6) is 5.63. The minimum Gasteiger partial charge on any atom is -0.487 e. The first-order valence-corrected chi connectivity index (χ1v) is 14.5. The highest BCUT2D eigenvalue weighted by Crippen LogP contribution is 2.34. The molecular weight excluding hydrogens is 504 g/mol. The van der Waals surface area contributed by atoms with Gasteiger partial charge in [-0.2, -0.15) is 4.31 Å². The van der Waals surface area contributed by atoms with Crippen LogP contribution in [0.15, 0.2) is 53.4 Å². The Labute approximate surface area is 225 Å². The van der Waals surface area contributed by atoms with Crippen molar-refractivity contribution in [2.75, 3.05) is 26.7 Å². The normalized spacial score (nSPS) is 23.1. The van der Waals surface area contributed by atoms with Crippen molar-refractivity contribution in [2.45, 2.75) is 62.2 Å². The predicted molar refractivity (Wildman–Crippen MR) is 144 cm³/mol. The number of likely N-dealkylation sites (N-methyl/N-ethyl adjacent to an activating group) is 1. The summed E-state index contributed by atoms with van der Waals surface area (Å²) in [6.45, 7) is 3.56. The molecule has 4 rings (SSSR count). The van der Waals surface area contributed by atoms with E-state index in [-0.39, 0.29) is 42.2 Å². The number of carbonyl (C=O) groups is 1. The molecule has 0 aromatic heterocycles. The van der Waals surface area contributed by atoms with E-state index in [1.54, 1.807) is 55.3 Å². The third-order valence-corrected chi connectivity index (χ3v) is 9.38. The summed E-state index contributed by atoms with van der Waals surface area (Å²) in [7, 11) is -2.29. The zero-order valence-electron chi connectivity index (χ0n) is 22.1. The first kappa shape index (κ1) is 28.1. The number of benzene rings is 2. The number of rotatable bonds is 5. The molecule has 1 fully saturated rings. The summed E-state index contributed by atoms with van der Waals surface area (Å²) in [6.07, 6.45) is 2.54. The van der Waals surface area contributed by atoms with Crippen LogP contribution < -0.4 is 4.74 Å². The van der Waals surface area contributed by atoms with Crippen molar-refractivity contribution in [3.05, 3.63) is 59.7 Å². The van der Waals surface area contributed by atoms with Crippen molar-refractivity contribution in [1.82, 2.24) is 9.21 Å². The van der Waals surface area contributed by atoms with Crippen LogP contribution >= 0.6 is 0 Å². The molecule has 9 heteroatoms. The number of aliphatic hydroxyl groups excluding tert-OH is 1. The zero-order valence-corrected chi connectivity index (χ0v) is 22.9. The number of ether oxygens (including phenoxy) is 1. The van der Waals surface area contributed by atoms with E-state index < -0.39 is 27.8 Å². The molecule has 204 valence electrons. The van der Waals surface area contributed by atoms with E-state index in [4.69, 9.17) is 4.74 Å².